The Morgan fingerprint density at radius 3 is 2.81 bits per heavy atom. The van der Waals surface area contributed by atoms with Gasteiger partial charge in [-0.3, -0.25) is 4.57 Å². The number of hydrogen-bond donors (Lipinski definition) is 3. The quantitative estimate of drug-likeness (QED) is 0.557. The van der Waals surface area contributed by atoms with Gasteiger partial charge in [-0.05, 0) is 28.5 Å². The summed E-state index contributed by atoms with van der Waals surface area (Å²) in [4.78, 5) is 22.2. The molecule has 0 saturated carbocycles. The van der Waals surface area contributed by atoms with Crippen LogP contribution in [0.4, 0.5) is 0 Å². The van der Waals surface area contributed by atoms with Gasteiger partial charge in [-0.25, -0.2) is 10.1 Å². The highest BCUT2D eigenvalue weighted by Crippen LogP contribution is 2.32. The van der Waals surface area contributed by atoms with Crippen molar-refractivity contribution in [3.05, 3.63) is 34.3 Å². The van der Waals surface area contributed by atoms with E-state index in [1.54, 1.807) is 16.7 Å². The fourth-order valence-corrected chi connectivity index (χ4v) is 2.92. The predicted octanol–water partition coefficient (Wildman–Crippen LogP) is 0.198. The molecule has 0 aromatic carbocycles. The van der Waals surface area contributed by atoms with Crippen LogP contribution in [0.1, 0.15) is 11.4 Å². The number of halogens is 1. The topological polar surface area (TPSA) is 129 Å². The smallest absolute Gasteiger partial charge is 0.320 e. The molecular weight excluding hydrogens is 363 g/mol. The van der Waals surface area contributed by atoms with Crippen LogP contribution in [0.3, 0.4) is 0 Å². The maximum Gasteiger partial charge on any atom is 0.376 e. The summed E-state index contributed by atoms with van der Waals surface area (Å²) in [6.07, 6.45) is 4.39. The van der Waals surface area contributed by atoms with Crippen molar-refractivity contribution >= 4 is 34.6 Å². The van der Waals surface area contributed by atoms with Crippen molar-refractivity contribution < 1.29 is 14.4 Å². The molecule has 9 nitrogen and oxygen atoms in total. The van der Waals surface area contributed by atoms with Crippen LogP contribution in [-0.4, -0.2) is 39.8 Å². The van der Waals surface area contributed by atoms with E-state index in [1.807, 2.05) is 0 Å². The molecule has 0 atom stereocenters. The third-order valence-corrected chi connectivity index (χ3v) is 4.48. The normalized spacial score (nSPS) is 12.1. The van der Waals surface area contributed by atoms with E-state index in [4.69, 9.17) is 9.79 Å². The van der Waals surface area contributed by atoms with Gasteiger partial charge in [0.05, 0.1) is 0 Å². The number of aryl methyl sites for hydroxylation is 2. The van der Waals surface area contributed by atoms with Gasteiger partial charge in [0.25, 0.3) is 0 Å². The molecule has 3 aromatic heterocycles. The maximum absolute atomic E-state index is 11.2. The van der Waals surface area contributed by atoms with E-state index in [0.717, 1.165) is 10.0 Å². The molecule has 0 radical (unpaired) electrons. The van der Waals surface area contributed by atoms with E-state index < -0.39 is 7.60 Å². The number of imidazole rings is 1. The van der Waals surface area contributed by atoms with Gasteiger partial charge in [0.1, 0.15) is 11.5 Å². The standard InChI is InChI=1S/C10H10BrN6O3P/c11-7-3-9-12-10(21(18,19)20)5-17(9)4-6(7)1-2-8-13-15-16-14-8/h3-5H,1-2H2,(H2,18,19,20)(H,13,14,15,16). The molecular formula is C10H10BrN6O3P. The number of fused-ring (bicyclic) bond motifs is 1. The highest BCUT2D eigenvalue weighted by molar-refractivity contribution is 9.10. The molecule has 3 aromatic rings. The lowest BCUT2D eigenvalue weighted by Gasteiger charge is -2.04. The van der Waals surface area contributed by atoms with Crippen molar-refractivity contribution in [1.29, 1.82) is 0 Å². The summed E-state index contributed by atoms with van der Waals surface area (Å²) in [6.45, 7) is 0. The third-order valence-electron chi connectivity index (χ3n) is 2.92. The largest absolute Gasteiger partial charge is 0.376 e. The summed E-state index contributed by atoms with van der Waals surface area (Å²) in [5, 5.41) is 13.5. The van der Waals surface area contributed by atoms with Crippen LogP contribution in [0.5, 0.6) is 0 Å². The summed E-state index contributed by atoms with van der Waals surface area (Å²) >= 11 is 3.43. The maximum atomic E-state index is 11.2. The number of rotatable bonds is 4. The van der Waals surface area contributed by atoms with Crippen molar-refractivity contribution in [1.82, 2.24) is 30.0 Å². The van der Waals surface area contributed by atoms with E-state index in [2.05, 4.69) is 41.5 Å². The molecule has 0 saturated heterocycles. The number of tetrazole rings is 1. The number of H-pyrrole nitrogens is 1. The minimum Gasteiger partial charge on any atom is -0.320 e. The molecule has 11 heteroatoms. The monoisotopic (exact) mass is 372 g/mol. The van der Waals surface area contributed by atoms with E-state index in [-0.39, 0.29) is 5.44 Å². The number of hydrogen-bond acceptors (Lipinski definition) is 5. The molecule has 0 aliphatic heterocycles. The Balaban J connectivity index is 1.92. The second-order valence-electron chi connectivity index (χ2n) is 4.40. The first-order valence-electron chi connectivity index (χ1n) is 5.89. The van der Waals surface area contributed by atoms with Gasteiger partial charge in [0.2, 0.25) is 0 Å². The Hall–Kier alpha value is -1.61. The number of nitrogens with zero attached hydrogens (tertiary/aromatic N) is 5. The fraction of sp³-hybridized carbons (Fsp3) is 0.200. The molecule has 0 unspecified atom stereocenters. The minimum absolute atomic E-state index is 0.244. The van der Waals surface area contributed by atoms with Crippen molar-refractivity contribution in [3.8, 4) is 0 Å². The zero-order valence-electron chi connectivity index (χ0n) is 10.5. The van der Waals surface area contributed by atoms with Gasteiger partial charge in [-0.1, -0.05) is 15.9 Å². The van der Waals surface area contributed by atoms with Gasteiger partial charge >= 0.3 is 7.60 Å². The molecule has 0 aliphatic rings. The second-order valence-corrected chi connectivity index (χ2v) is 6.80. The molecule has 0 fully saturated rings. The van der Waals surface area contributed by atoms with Crippen molar-refractivity contribution in [2.75, 3.05) is 0 Å². The van der Waals surface area contributed by atoms with Gasteiger partial charge < -0.3 is 14.2 Å². The Kier molecular flexibility index (Phi) is 3.62. The lowest BCUT2D eigenvalue weighted by atomic mass is 10.1. The molecule has 0 amide bonds. The summed E-state index contributed by atoms with van der Waals surface area (Å²) in [7, 11) is -4.35. The lowest BCUT2D eigenvalue weighted by Crippen LogP contribution is -2.03. The SMILES string of the molecule is O=P(O)(O)c1cn2cc(CCc3nnn[nH]3)c(Br)cc2n1. The van der Waals surface area contributed by atoms with Crippen LogP contribution in [0.2, 0.25) is 0 Å². The van der Waals surface area contributed by atoms with Crippen LogP contribution in [0, 0.1) is 0 Å². The predicted molar refractivity (Wildman–Crippen MR) is 76.2 cm³/mol. The zero-order chi connectivity index (χ0) is 15.0. The molecule has 0 bridgehead atoms. The number of nitrogens with one attached hydrogen (secondary N) is 1. The molecule has 0 spiro atoms. The summed E-state index contributed by atoms with van der Waals surface area (Å²) in [5.41, 5.74) is 1.17. The molecule has 3 heterocycles. The third kappa shape index (κ3) is 3.03. The molecule has 21 heavy (non-hydrogen) atoms. The van der Waals surface area contributed by atoms with E-state index in [9.17, 15) is 4.57 Å². The Labute approximate surface area is 126 Å². The van der Waals surface area contributed by atoms with Crippen LogP contribution < -0.4 is 5.44 Å². The van der Waals surface area contributed by atoms with Gasteiger partial charge in [-0.15, -0.1) is 5.10 Å². The number of pyridine rings is 1. The average Bonchev–Trinajstić information content (AvgIpc) is 3.03. The van der Waals surface area contributed by atoms with E-state index in [1.165, 1.54) is 6.20 Å². The first-order valence-corrected chi connectivity index (χ1v) is 8.30. The molecule has 3 rings (SSSR count). The highest BCUT2D eigenvalue weighted by atomic mass is 79.9. The molecule has 3 N–H and O–H groups in total. The van der Waals surface area contributed by atoms with Crippen molar-refractivity contribution in [2.45, 2.75) is 12.8 Å². The first-order chi connectivity index (χ1) is 9.93. The molecule has 0 aliphatic carbocycles. The average molecular weight is 373 g/mol. The van der Waals surface area contributed by atoms with Crippen LogP contribution in [0.15, 0.2) is 22.9 Å². The highest BCUT2D eigenvalue weighted by Gasteiger charge is 2.21. The second kappa shape index (κ2) is 5.30. The Morgan fingerprint density at radius 2 is 2.14 bits per heavy atom. The number of aromatic amines is 1. The first kappa shape index (κ1) is 14.3. The van der Waals surface area contributed by atoms with Crippen molar-refractivity contribution in [2.24, 2.45) is 0 Å². The Morgan fingerprint density at radius 1 is 1.33 bits per heavy atom. The van der Waals surface area contributed by atoms with Crippen LogP contribution in [-0.2, 0) is 17.4 Å². The fourth-order valence-electron chi connectivity index (χ4n) is 1.90. The minimum atomic E-state index is -4.35. The van der Waals surface area contributed by atoms with Gasteiger partial charge in [0, 0.05) is 23.3 Å². The number of aromatic nitrogens is 6. The summed E-state index contributed by atoms with van der Waals surface area (Å²) in [6, 6.07) is 1.72. The summed E-state index contributed by atoms with van der Waals surface area (Å²) < 4.78 is 13.6. The molecule has 110 valence electrons. The summed E-state index contributed by atoms with van der Waals surface area (Å²) in [5.74, 6) is 0.670. The zero-order valence-corrected chi connectivity index (χ0v) is 13.0. The van der Waals surface area contributed by atoms with Gasteiger partial charge in [-0.2, -0.15) is 0 Å². The van der Waals surface area contributed by atoms with Gasteiger partial charge in [0.15, 0.2) is 5.44 Å². The Bertz CT molecular complexity index is 827. The van der Waals surface area contributed by atoms with Crippen LogP contribution in [0.25, 0.3) is 5.65 Å². The van der Waals surface area contributed by atoms with Crippen LogP contribution >= 0.6 is 23.5 Å². The van der Waals surface area contributed by atoms with Crippen molar-refractivity contribution in [3.63, 3.8) is 0 Å². The lowest BCUT2D eigenvalue weighted by molar-refractivity contribution is 0.386. The van der Waals surface area contributed by atoms with E-state index >= 15 is 0 Å². The van der Waals surface area contributed by atoms with E-state index in [0.29, 0.717) is 24.3 Å².